The molecule has 0 aliphatic heterocycles. The van der Waals surface area contributed by atoms with E-state index in [2.05, 4.69) is 15.8 Å². The zero-order valence-corrected chi connectivity index (χ0v) is 16.7. The van der Waals surface area contributed by atoms with E-state index in [1.807, 2.05) is 13.8 Å². The molecule has 0 radical (unpaired) electrons. The van der Waals surface area contributed by atoms with Crippen LogP contribution in [0.1, 0.15) is 25.0 Å². The maximum Gasteiger partial charge on any atom is 0.186 e. The van der Waals surface area contributed by atoms with Crippen LogP contribution in [0.5, 0.6) is 11.5 Å². The summed E-state index contributed by atoms with van der Waals surface area (Å²) >= 11 is 11.4. The predicted molar refractivity (Wildman–Crippen MR) is 110 cm³/mol. The average molecular weight is 410 g/mol. The van der Waals surface area contributed by atoms with E-state index < -0.39 is 0 Å². The van der Waals surface area contributed by atoms with Gasteiger partial charge in [0.2, 0.25) is 0 Å². The molecule has 0 saturated heterocycles. The van der Waals surface area contributed by atoms with Gasteiger partial charge in [0.1, 0.15) is 12.4 Å². The highest BCUT2D eigenvalue weighted by atomic mass is 35.5. The van der Waals surface area contributed by atoms with Gasteiger partial charge in [-0.2, -0.15) is 5.10 Å². The molecule has 0 saturated carbocycles. The molecule has 27 heavy (non-hydrogen) atoms. The van der Waals surface area contributed by atoms with Gasteiger partial charge in [-0.1, -0.05) is 29.8 Å². The van der Waals surface area contributed by atoms with Crippen LogP contribution in [0.4, 0.5) is 4.39 Å². The Morgan fingerprint density at radius 3 is 2.74 bits per heavy atom. The van der Waals surface area contributed by atoms with E-state index in [0.29, 0.717) is 45.9 Å². The number of rotatable bonds is 8. The van der Waals surface area contributed by atoms with Gasteiger partial charge in [0.05, 0.1) is 17.8 Å². The van der Waals surface area contributed by atoms with Crippen LogP contribution < -0.4 is 20.2 Å². The Balaban J connectivity index is 2.16. The van der Waals surface area contributed by atoms with Crippen LogP contribution in [0, 0.1) is 5.82 Å². The van der Waals surface area contributed by atoms with Crippen molar-refractivity contribution in [1.82, 2.24) is 10.7 Å². The molecular weight excluding hydrogens is 389 g/mol. The Morgan fingerprint density at radius 1 is 1.26 bits per heavy atom. The second-order valence-corrected chi connectivity index (χ2v) is 6.19. The van der Waals surface area contributed by atoms with Crippen molar-refractivity contribution < 1.29 is 13.9 Å². The Hall–Kier alpha value is -2.38. The van der Waals surface area contributed by atoms with Gasteiger partial charge in [0.25, 0.3) is 0 Å². The summed E-state index contributed by atoms with van der Waals surface area (Å²) in [6.07, 6.45) is 1.57. The van der Waals surface area contributed by atoms with Crippen LogP contribution in [0.25, 0.3) is 0 Å². The first-order valence-corrected chi connectivity index (χ1v) is 9.23. The Morgan fingerprint density at radius 2 is 2.04 bits per heavy atom. The number of ether oxygens (including phenoxy) is 2. The topological polar surface area (TPSA) is 54.9 Å². The Bertz CT molecular complexity index is 818. The third-order valence-corrected chi connectivity index (χ3v) is 3.89. The summed E-state index contributed by atoms with van der Waals surface area (Å²) in [6, 6.07) is 9.84. The van der Waals surface area contributed by atoms with Crippen molar-refractivity contribution in [2.24, 2.45) is 5.10 Å². The number of thiocarbonyl (C=S) groups is 1. The normalized spacial score (nSPS) is 10.7. The number of halogens is 2. The van der Waals surface area contributed by atoms with Gasteiger partial charge >= 0.3 is 0 Å². The maximum absolute atomic E-state index is 13.8. The molecule has 0 aliphatic rings. The third kappa shape index (κ3) is 6.37. The van der Waals surface area contributed by atoms with Gasteiger partial charge in [0, 0.05) is 12.1 Å². The highest BCUT2D eigenvalue weighted by molar-refractivity contribution is 7.80. The van der Waals surface area contributed by atoms with Crippen molar-refractivity contribution >= 4 is 35.1 Å². The van der Waals surface area contributed by atoms with Gasteiger partial charge in [-0.3, -0.25) is 5.43 Å². The zero-order chi connectivity index (χ0) is 19.6. The first-order chi connectivity index (χ1) is 13.0. The summed E-state index contributed by atoms with van der Waals surface area (Å²) in [5.41, 5.74) is 3.84. The summed E-state index contributed by atoms with van der Waals surface area (Å²) in [7, 11) is 0. The molecule has 0 amide bonds. The molecule has 0 aromatic heterocycles. The molecule has 5 nitrogen and oxygen atoms in total. The average Bonchev–Trinajstić information content (AvgIpc) is 2.63. The zero-order valence-electron chi connectivity index (χ0n) is 15.1. The fraction of sp³-hybridized carbons (Fsp3) is 0.263. The molecule has 2 rings (SSSR count). The Kier molecular flexibility index (Phi) is 8.29. The van der Waals surface area contributed by atoms with Crippen molar-refractivity contribution in [3.63, 3.8) is 0 Å². The summed E-state index contributed by atoms with van der Waals surface area (Å²) in [6.45, 7) is 4.96. The number of hydrogen-bond donors (Lipinski definition) is 2. The minimum absolute atomic E-state index is 0.0401. The first-order valence-electron chi connectivity index (χ1n) is 8.44. The largest absolute Gasteiger partial charge is 0.490 e. The SMILES string of the molecule is CCNC(=S)N/N=C\c1cc(Cl)c(OCc2ccccc2F)c(OCC)c1. The molecule has 0 heterocycles. The quantitative estimate of drug-likeness (QED) is 0.387. The molecule has 2 aromatic carbocycles. The first kappa shape index (κ1) is 20.9. The molecule has 144 valence electrons. The van der Waals surface area contributed by atoms with Crippen molar-refractivity contribution in [3.05, 3.63) is 58.4 Å². The molecule has 0 bridgehead atoms. The lowest BCUT2D eigenvalue weighted by Crippen LogP contribution is -2.31. The van der Waals surface area contributed by atoms with Crippen molar-refractivity contribution in [3.8, 4) is 11.5 Å². The second kappa shape index (κ2) is 10.7. The summed E-state index contributed by atoms with van der Waals surface area (Å²) in [4.78, 5) is 0. The lowest BCUT2D eigenvalue weighted by atomic mass is 10.2. The van der Waals surface area contributed by atoms with Crippen LogP contribution >= 0.6 is 23.8 Å². The second-order valence-electron chi connectivity index (χ2n) is 5.37. The number of nitrogens with zero attached hydrogens (tertiary/aromatic N) is 1. The van der Waals surface area contributed by atoms with Crippen LogP contribution in [0.2, 0.25) is 5.02 Å². The van der Waals surface area contributed by atoms with Gasteiger partial charge in [0.15, 0.2) is 16.6 Å². The van der Waals surface area contributed by atoms with E-state index >= 15 is 0 Å². The maximum atomic E-state index is 13.8. The molecule has 8 heteroatoms. The molecule has 2 aromatic rings. The number of nitrogens with one attached hydrogen (secondary N) is 2. The molecule has 0 fully saturated rings. The van der Waals surface area contributed by atoms with Crippen LogP contribution in [-0.2, 0) is 6.61 Å². The monoisotopic (exact) mass is 409 g/mol. The van der Waals surface area contributed by atoms with E-state index in [-0.39, 0.29) is 12.4 Å². The van der Waals surface area contributed by atoms with Gasteiger partial charge in [-0.25, -0.2) is 4.39 Å². The number of hydrogen-bond acceptors (Lipinski definition) is 4. The standard InChI is InChI=1S/C19H21ClFN3O2S/c1-3-22-19(27)24-23-11-13-9-15(20)18(17(10-13)25-4-2)26-12-14-7-5-6-8-16(14)21/h5-11H,3-4,12H2,1-2H3,(H2,22,24,27)/b23-11-. The summed E-state index contributed by atoms with van der Waals surface area (Å²) in [5.74, 6) is 0.477. The number of benzene rings is 2. The highest BCUT2D eigenvalue weighted by Crippen LogP contribution is 2.37. The minimum Gasteiger partial charge on any atom is -0.490 e. The van der Waals surface area contributed by atoms with Crippen molar-refractivity contribution in [2.45, 2.75) is 20.5 Å². The molecule has 0 aliphatic carbocycles. The number of hydrazone groups is 1. The third-order valence-electron chi connectivity index (χ3n) is 3.38. The van der Waals surface area contributed by atoms with Crippen molar-refractivity contribution in [2.75, 3.05) is 13.2 Å². The fourth-order valence-corrected chi connectivity index (χ4v) is 2.67. The van der Waals surface area contributed by atoms with Crippen LogP contribution in [-0.4, -0.2) is 24.5 Å². The minimum atomic E-state index is -0.335. The fourth-order valence-electron chi connectivity index (χ4n) is 2.20. The van der Waals surface area contributed by atoms with E-state index in [0.717, 1.165) is 0 Å². The van der Waals surface area contributed by atoms with E-state index in [1.54, 1.807) is 36.5 Å². The van der Waals surface area contributed by atoms with E-state index in [9.17, 15) is 4.39 Å². The van der Waals surface area contributed by atoms with Gasteiger partial charge in [-0.15, -0.1) is 0 Å². The van der Waals surface area contributed by atoms with Crippen LogP contribution in [0.3, 0.4) is 0 Å². The molecule has 0 spiro atoms. The van der Waals surface area contributed by atoms with E-state index in [1.165, 1.54) is 6.07 Å². The molecule has 0 atom stereocenters. The predicted octanol–water partition coefficient (Wildman–Crippen LogP) is 4.27. The highest BCUT2D eigenvalue weighted by Gasteiger charge is 2.13. The van der Waals surface area contributed by atoms with Gasteiger partial charge < -0.3 is 14.8 Å². The smallest absolute Gasteiger partial charge is 0.186 e. The van der Waals surface area contributed by atoms with Crippen LogP contribution in [0.15, 0.2) is 41.5 Å². The lowest BCUT2D eigenvalue weighted by molar-refractivity contribution is 0.266. The van der Waals surface area contributed by atoms with Crippen molar-refractivity contribution in [1.29, 1.82) is 0 Å². The Labute approximate surface area is 168 Å². The van der Waals surface area contributed by atoms with Gasteiger partial charge in [-0.05, 0) is 49.8 Å². The molecule has 0 unspecified atom stereocenters. The molecular formula is C19H21ClFN3O2S. The lowest BCUT2D eigenvalue weighted by Gasteiger charge is -2.14. The van der Waals surface area contributed by atoms with E-state index in [4.69, 9.17) is 33.3 Å². The summed E-state index contributed by atoms with van der Waals surface area (Å²) < 4.78 is 25.1. The molecule has 2 N–H and O–H groups in total. The summed E-state index contributed by atoms with van der Waals surface area (Å²) in [5, 5.41) is 7.75.